The molecule has 0 bridgehead atoms. The molecule has 1 aromatic rings. The van der Waals surface area contributed by atoms with E-state index in [0.717, 1.165) is 25.0 Å². The summed E-state index contributed by atoms with van der Waals surface area (Å²) >= 11 is 0. The summed E-state index contributed by atoms with van der Waals surface area (Å²) < 4.78 is 53.3. The van der Waals surface area contributed by atoms with Gasteiger partial charge in [0, 0.05) is 13.1 Å². The Balaban J connectivity index is 2.41. The molecule has 1 N–H and O–H groups in total. The van der Waals surface area contributed by atoms with E-state index in [0.29, 0.717) is 13.1 Å². The minimum atomic E-state index is -3.98. The lowest BCUT2D eigenvalue weighted by atomic mass is 10.1. The molecule has 112 valence electrons. The summed E-state index contributed by atoms with van der Waals surface area (Å²) in [6.07, 6.45) is 1.60. The molecule has 0 saturated carbocycles. The van der Waals surface area contributed by atoms with Crippen molar-refractivity contribution in [3.05, 3.63) is 29.3 Å². The highest BCUT2D eigenvalue weighted by Gasteiger charge is 2.34. The Bertz CT molecular complexity index is 604. The first-order valence-electron chi connectivity index (χ1n) is 6.49. The number of benzene rings is 1. The summed E-state index contributed by atoms with van der Waals surface area (Å²) in [5, 5.41) is 8.95. The Kier molecular flexibility index (Phi) is 4.41. The van der Waals surface area contributed by atoms with E-state index in [2.05, 4.69) is 0 Å². The average molecular weight is 305 g/mol. The van der Waals surface area contributed by atoms with Crippen LogP contribution in [0.25, 0.3) is 0 Å². The summed E-state index contributed by atoms with van der Waals surface area (Å²) in [6.45, 7) is 1.79. The zero-order valence-corrected chi connectivity index (χ0v) is 12.0. The lowest BCUT2D eigenvalue weighted by molar-refractivity contribution is 0.267. The van der Waals surface area contributed by atoms with Gasteiger partial charge in [-0.15, -0.1) is 0 Å². The lowest BCUT2D eigenvalue weighted by Gasteiger charge is -2.17. The fourth-order valence-corrected chi connectivity index (χ4v) is 4.03. The first-order chi connectivity index (χ1) is 9.41. The molecule has 0 amide bonds. The molecule has 0 radical (unpaired) electrons. The summed E-state index contributed by atoms with van der Waals surface area (Å²) in [6, 6.07) is 1.79. The lowest BCUT2D eigenvalue weighted by Crippen LogP contribution is -2.30. The van der Waals surface area contributed by atoms with Gasteiger partial charge in [-0.05, 0) is 24.5 Å². The molecule has 1 aromatic carbocycles. The van der Waals surface area contributed by atoms with Gasteiger partial charge >= 0.3 is 0 Å². The molecule has 1 fully saturated rings. The molecule has 4 nitrogen and oxygen atoms in total. The van der Waals surface area contributed by atoms with Gasteiger partial charge in [-0.3, -0.25) is 0 Å². The van der Waals surface area contributed by atoms with Gasteiger partial charge in [-0.1, -0.05) is 13.3 Å². The number of nitrogens with zero attached hydrogens (tertiary/aromatic N) is 1. The van der Waals surface area contributed by atoms with Crippen molar-refractivity contribution < 1.29 is 22.3 Å². The fraction of sp³-hybridized carbons (Fsp3) is 0.538. The Morgan fingerprint density at radius 1 is 1.40 bits per heavy atom. The first-order valence-corrected chi connectivity index (χ1v) is 7.93. The number of sulfonamides is 1. The van der Waals surface area contributed by atoms with Crippen molar-refractivity contribution >= 4 is 10.0 Å². The predicted octanol–water partition coefficient (Wildman–Crippen LogP) is 1.88. The minimum absolute atomic E-state index is 0.269. The highest BCUT2D eigenvalue weighted by atomic mass is 32.2. The third-order valence-corrected chi connectivity index (χ3v) is 5.64. The van der Waals surface area contributed by atoms with Crippen LogP contribution in [-0.4, -0.2) is 30.9 Å². The molecule has 2 rings (SSSR count). The number of hydrogen-bond acceptors (Lipinski definition) is 3. The number of halogens is 2. The summed E-state index contributed by atoms with van der Waals surface area (Å²) in [7, 11) is -3.98. The number of aliphatic hydroxyl groups is 1. The van der Waals surface area contributed by atoms with Gasteiger partial charge in [0.15, 0.2) is 5.82 Å². The van der Waals surface area contributed by atoms with Gasteiger partial charge in [-0.25, -0.2) is 17.2 Å². The van der Waals surface area contributed by atoms with Crippen LogP contribution >= 0.6 is 0 Å². The largest absolute Gasteiger partial charge is 0.391 e. The van der Waals surface area contributed by atoms with E-state index in [4.69, 9.17) is 5.11 Å². The van der Waals surface area contributed by atoms with E-state index in [1.54, 1.807) is 0 Å². The Morgan fingerprint density at radius 2 is 2.10 bits per heavy atom. The van der Waals surface area contributed by atoms with Crippen molar-refractivity contribution in [1.82, 2.24) is 4.31 Å². The zero-order chi connectivity index (χ0) is 14.9. The second kappa shape index (κ2) is 5.75. The molecule has 7 heteroatoms. The van der Waals surface area contributed by atoms with Crippen LogP contribution in [-0.2, 0) is 16.6 Å². The maximum Gasteiger partial charge on any atom is 0.246 e. The van der Waals surface area contributed by atoms with E-state index >= 15 is 0 Å². The number of rotatable bonds is 4. The van der Waals surface area contributed by atoms with E-state index in [9.17, 15) is 17.2 Å². The van der Waals surface area contributed by atoms with Crippen LogP contribution in [0.5, 0.6) is 0 Å². The van der Waals surface area contributed by atoms with E-state index in [1.165, 1.54) is 4.31 Å². The molecule has 1 atom stereocenters. The molecule has 0 aliphatic carbocycles. The van der Waals surface area contributed by atoms with E-state index in [1.807, 2.05) is 6.92 Å². The van der Waals surface area contributed by atoms with Crippen LogP contribution in [0.1, 0.15) is 25.3 Å². The van der Waals surface area contributed by atoms with Crippen molar-refractivity contribution in [1.29, 1.82) is 0 Å². The third kappa shape index (κ3) is 2.57. The van der Waals surface area contributed by atoms with Crippen molar-refractivity contribution in [3.8, 4) is 0 Å². The summed E-state index contributed by atoms with van der Waals surface area (Å²) in [5.74, 6) is -1.88. The first kappa shape index (κ1) is 15.3. The van der Waals surface area contributed by atoms with Gasteiger partial charge < -0.3 is 5.11 Å². The Labute approximate surface area is 117 Å². The number of hydrogen-bond donors (Lipinski definition) is 1. The van der Waals surface area contributed by atoms with E-state index < -0.39 is 38.7 Å². The van der Waals surface area contributed by atoms with Gasteiger partial charge in [0.2, 0.25) is 10.0 Å². The van der Waals surface area contributed by atoms with Crippen LogP contribution in [0, 0.1) is 17.6 Å². The van der Waals surface area contributed by atoms with Gasteiger partial charge in [0.1, 0.15) is 10.7 Å². The zero-order valence-electron chi connectivity index (χ0n) is 11.1. The quantitative estimate of drug-likeness (QED) is 0.924. The van der Waals surface area contributed by atoms with Crippen LogP contribution in [0.15, 0.2) is 17.0 Å². The molecular weight excluding hydrogens is 288 g/mol. The second-order valence-corrected chi connectivity index (χ2v) is 6.83. The van der Waals surface area contributed by atoms with Gasteiger partial charge in [0.05, 0.1) is 12.2 Å². The number of aliphatic hydroxyl groups excluding tert-OH is 1. The van der Waals surface area contributed by atoms with Crippen LogP contribution in [0.3, 0.4) is 0 Å². The van der Waals surface area contributed by atoms with Crippen LogP contribution in [0.4, 0.5) is 8.78 Å². The minimum Gasteiger partial charge on any atom is -0.391 e. The van der Waals surface area contributed by atoms with Gasteiger partial charge in [-0.2, -0.15) is 4.31 Å². The van der Waals surface area contributed by atoms with Crippen molar-refractivity contribution in [2.45, 2.75) is 31.3 Å². The average Bonchev–Trinajstić information content (AvgIpc) is 2.88. The van der Waals surface area contributed by atoms with Crippen molar-refractivity contribution in [2.75, 3.05) is 13.1 Å². The monoisotopic (exact) mass is 305 g/mol. The molecule has 1 heterocycles. The summed E-state index contributed by atoms with van der Waals surface area (Å²) in [5.41, 5.74) is -0.614. The molecular formula is C13H17F2NO3S. The summed E-state index contributed by atoms with van der Waals surface area (Å²) in [4.78, 5) is -0.570. The molecule has 20 heavy (non-hydrogen) atoms. The molecule has 0 aromatic heterocycles. The highest BCUT2D eigenvalue weighted by Crippen LogP contribution is 2.29. The standard InChI is InChI=1S/C13H17F2NO3S/c1-2-9-5-6-16(7-9)20(18,19)12-4-3-11(14)10(8-17)13(12)15/h3-4,9,17H,2,5-8H2,1H3. The molecule has 1 unspecified atom stereocenters. The SMILES string of the molecule is CCC1CCN(S(=O)(=O)c2ccc(F)c(CO)c2F)C1. The highest BCUT2D eigenvalue weighted by molar-refractivity contribution is 7.89. The topological polar surface area (TPSA) is 57.6 Å². The fourth-order valence-electron chi connectivity index (χ4n) is 2.41. The maximum atomic E-state index is 14.1. The van der Waals surface area contributed by atoms with Crippen LogP contribution in [0.2, 0.25) is 0 Å². The molecule has 1 saturated heterocycles. The maximum absolute atomic E-state index is 14.1. The Morgan fingerprint density at radius 3 is 2.65 bits per heavy atom. The van der Waals surface area contributed by atoms with Crippen molar-refractivity contribution in [3.63, 3.8) is 0 Å². The van der Waals surface area contributed by atoms with Gasteiger partial charge in [0.25, 0.3) is 0 Å². The molecule has 0 spiro atoms. The normalized spacial score (nSPS) is 20.5. The third-order valence-electron chi connectivity index (χ3n) is 3.75. The second-order valence-electron chi connectivity index (χ2n) is 4.92. The van der Waals surface area contributed by atoms with Crippen LogP contribution < -0.4 is 0 Å². The Hall–Kier alpha value is -1.05. The van der Waals surface area contributed by atoms with E-state index in [-0.39, 0.29) is 5.92 Å². The smallest absolute Gasteiger partial charge is 0.246 e. The predicted molar refractivity (Wildman–Crippen MR) is 69.4 cm³/mol. The molecule has 1 aliphatic heterocycles. The van der Waals surface area contributed by atoms with Crippen molar-refractivity contribution in [2.24, 2.45) is 5.92 Å². The molecule has 1 aliphatic rings.